The third kappa shape index (κ3) is 4.45. The molecule has 2 aliphatic carbocycles. The molecule has 0 amide bonds. The lowest BCUT2D eigenvalue weighted by molar-refractivity contribution is -0.149. The zero-order chi connectivity index (χ0) is 14.8. The highest BCUT2D eigenvalue weighted by Crippen LogP contribution is 2.34. The highest BCUT2D eigenvalue weighted by atomic mass is 16.5. The summed E-state index contributed by atoms with van der Waals surface area (Å²) >= 11 is 0. The van der Waals surface area contributed by atoms with Crippen molar-refractivity contribution >= 4 is 5.97 Å². The van der Waals surface area contributed by atoms with Crippen LogP contribution in [0.25, 0.3) is 0 Å². The van der Waals surface area contributed by atoms with Crippen LogP contribution in [-0.4, -0.2) is 35.4 Å². The molecular formula is C16H29NO3. The molecule has 0 aromatic heterocycles. The van der Waals surface area contributed by atoms with Crippen molar-refractivity contribution in [3.8, 4) is 0 Å². The zero-order valence-corrected chi connectivity index (χ0v) is 13.1. The van der Waals surface area contributed by atoms with Crippen LogP contribution in [0.15, 0.2) is 0 Å². The lowest BCUT2D eigenvalue weighted by atomic mass is 9.80. The average molecular weight is 283 g/mol. The van der Waals surface area contributed by atoms with Crippen LogP contribution in [0.4, 0.5) is 0 Å². The smallest absolute Gasteiger partial charge is 0.324 e. The van der Waals surface area contributed by atoms with Crippen LogP contribution in [0.5, 0.6) is 0 Å². The molecule has 4 nitrogen and oxygen atoms in total. The van der Waals surface area contributed by atoms with E-state index in [-0.39, 0.29) is 11.5 Å². The first-order valence-corrected chi connectivity index (χ1v) is 7.93. The van der Waals surface area contributed by atoms with Gasteiger partial charge < -0.3 is 9.84 Å². The molecule has 116 valence electrons. The van der Waals surface area contributed by atoms with Crippen LogP contribution in [-0.2, 0) is 9.53 Å². The molecule has 4 heteroatoms. The van der Waals surface area contributed by atoms with Crippen molar-refractivity contribution in [2.75, 3.05) is 6.61 Å². The van der Waals surface area contributed by atoms with E-state index in [1.807, 2.05) is 0 Å². The van der Waals surface area contributed by atoms with Gasteiger partial charge >= 0.3 is 5.97 Å². The molecule has 2 aliphatic rings. The Hall–Kier alpha value is -0.610. The van der Waals surface area contributed by atoms with Gasteiger partial charge in [-0.15, -0.1) is 0 Å². The van der Waals surface area contributed by atoms with Gasteiger partial charge in [-0.25, -0.2) is 0 Å². The molecule has 2 fully saturated rings. The van der Waals surface area contributed by atoms with Gasteiger partial charge in [0.05, 0.1) is 6.10 Å². The fraction of sp³-hybridized carbons (Fsp3) is 0.938. The van der Waals surface area contributed by atoms with Crippen molar-refractivity contribution in [2.45, 2.75) is 83.4 Å². The fourth-order valence-electron chi connectivity index (χ4n) is 2.90. The molecule has 0 heterocycles. The number of carboxylic acid groups (broad SMARTS) is 1. The lowest BCUT2D eigenvalue weighted by Gasteiger charge is -2.38. The number of hydrogen-bond acceptors (Lipinski definition) is 3. The van der Waals surface area contributed by atoms with Gasteiger partial charge in [-0.2, -0.15) is 0 Å². The van der Waals surface area contributed by atoms with E-state index in [2.05, 4.69) is 26.1 Å². The van der Waals surface area contributed by atoms with Crippen molar-refractivity contribution in [1.82, 2.24) is 5.32 Å². The highest BCUT2D eigenvalue weighted by molar-refractivity contribution is 5.79. The number of ether oxygens (including phenoxy) is 1. The second-order valence-corrected chi connectivity index (χ2v) is 7.71. The van der Waals surface area contributed by atoms with Gasteiger partial charge in [0.25, 0.3) is 0 Å². The van der Waals surface area contributed by atoms with Gasteiger partial charge in [0, 0.05) is 19.1 Å². The fourth-order valence-corrected chi connectivity index (χ4v) is 2.90. The van der Waals surface area contributed by atoms with Crippen molar-refractivity contribution < 1.29 is 14.6 Å². The van der Waals surface area contributed by atoms with E-state index in [9.17, 15) is 9.90 Å². The lowest BCUT2D eigenvalue weighted by Crippen LogP contribution is -2.57. The summed E-state index contributed by atoms with van der Waals surface area (Å²) in [6.07, 6.45) is 6.61. The third-order valence-corrected chi connectivity index (χ3v) is 4.38. The molecule has 0 aliphatic heterocycles. The van der Waals surface area contributed by atoms with Crippen LogP contribution >= 0.6 is 0 Å². The number of carbonyl (C=O) groups is 1. The van der Waals surface area contributed by atoms with Gasteiger partial charge in [0.1, 0.15) is 5.54 Å². The highest BCUT2D eigenvalue weighted by Gasteiger charge is 2.46. The second-order valence-electron chi connectivity index (χ2n) is 7.71. The monoisotopic (exact) mass is 283 g/mol. The topological polar surface area (TPSA) is 58.6 Å². The van der Waals surface area contributed by atoms with Gasteiger partial charge in [-0.3, -0.25) is 10.1 Å². The summed E-state index contributed by atoms with van der Waals surface area (Å²) in [4.78, 5) is 11.7. The quantitative estimate of drug-likeness (QED) is 0.787. The predicted octanol–water partition coefficient (Wildman–Crippen LogP) is 2.96. The Morgan fingerprint density at radius 1 is 1.35 bits per heavy atom. The van der Waals surface area contributed by atoms with Crippen molar-refractivity contribution in [1.29, 1.82) is 0 Å². The van der Waals surface area contributed by atoms with Gasteiger partial charge in [-0.1, -0.05) is 20.8 Å². The number of hydrogen-bond donors (Lipinski definition) is 2. The van der Waals surface area contributed by atoms with Crippen LogP contribution in [0, 0.1) is 5.41 Å². The maximum absolute atomic E-state index is 11.7. The number of aliphatic carboxylic acids is 1. The molecule has 0 spiro atoms. The number of carboxylic acids is 1. The van der Waals surface area contributed by atoms with Crippen LogP contribution < -0.4 is 5.32 Å². The molecule has 2 rings (SSSR count). The summed E-state index contributed by atoms with van der Waals surface area (Å²) in [6.45, 7) is 7.33. The minimum atomic E-state index is -0.744. The van der Waals surface area contributed by atoms with E-state index < -0.39 is 11.5 Å². The first-order valence-electron chi connectivity index (χ1n) is 7.93. The minimum Gasteiger partial charge on any atom is -0.480 e. The molecule has 0 saturated heterocycles. The Morgan fingerprint density at radius 2 is 2.05 bits per heavy atom. The SMILES string of the molecule is CC(C)(C)CCOC1CCCC(NC2CC2)(C(=O)O)C1. The molecule has 0 aromatic carbocycles. The summed E-state index contributed by atoms with van der Waals surface area (Å²) in [6, 6.07) is 0.416. The summed E-state index contributed by atoms with van der Waals surface area (Å²) in [5, 5.41) is 13.0. The van der Waals surface area contributed by atoms with E-state index in [1.165, 1.54) is 0 Å². The average Bonchev–Trinajstić information content (AvgIpc) is 3.11. The molecule has 2 saturated carbocycles. The predicted molar refractivity (Wildman–Crippen MR) is 78.8 cm³/mol. The van der Waals surface area contributed by atoms with Crippen molar-refractivity contribution in [3.63, 3.8) is 0 Å². The Kier molecular flexibility index (Phi) is 4.75. The van der Waals surface area contributed by atoms with E-state index >= 15 is 0 Å². The largest absolute Gasteiger partial charge is 0.480 e. The number of nitrogens with one attached hydrogen (secondary N) is 1. The third-order valence-electron chi connectivity index (χ3n) is 4.38. The van der Waals surface area contributed by atoms with E-state index in [4.69, 9.17) is 4.74 Å². The second kappa shape index (κ2) is 6.02. The first kappa shape index (κ1) is 15.8. The van der Waals surface area contributed by atoms with Gasteiger partial charge in [0.2, 0.25) is 0 Å². The molecular weight excluding hydrogens is 254 g/mol. The maximum atomic E-state index is 11.7. The normalized spacial score (nSPS) is 31.2. The van der Waals surface area contributed by atoms with Crippen molar-refractivity contribution in [3.05, 3.63) is 0 Å². The van der Waals surface area contributed by atoms with Gasteiger partial charge in [-0.05, 0) is 43.9 Å². The summed E-state index contributed by atoms with van der Waals surface area (Å²) in [7, 11) is 0. The first-order chi connectivity index (χ1) is 9.31. The number of rotatable bonds is 6. The Bertz CT molecular complexity index is 346. The minimum absolute atomic E-state index is 0.0912. The Balaban J connectivity index is 1.87. The molecule has 2 N–H and O–H groups in total. The zero-order valence-electron chi connectivity index (χ0n) is 13.1. The van der Waals surface area contributed by atoms with Crippen LogP contribution in [0.2, 0.25) is 0 Å². The molecule has 2 unspecified atom stereocenters. The summed E-state index contributed by atoms with van der Waals surface area (Å²) < 4.78 is 5.96. The molecule has 0 radical (unpaired) electrons. The van der Waals surface area contributed by atoms with Crippen LogP contribution in [0.3, 0.4) is 0 Å². The van der Waals surface area contributed by atoms with Crippen LogP contribution in [0.1, 0.15) is 65.7 Å². The molecule has 2 atom stereocenters. The summed E-state index contributed by atoms with van der Waals surface area (Å²) in [5.41, 5.74) is -0.476. The molecule has 20 heavy (non-hydrogen) atoms. The van der Waals surface area contributed by atoms with E-state index in [0.717, 1.165) is 45.1 Å². The maximum Gasteiger partial charge on any atom is 0.324 e. The van der Waals surface area contributed by atoms with E-state index in [1.54, 1.807) is 0 Å². The standard InChI is InChI=1S/C16H29NO3/c1-15(2,3)9-10-20-13-5-4-8-16(11-13,14(18)19)17-12-6-7-12/h12-13,17H,4-11H2,1-3H3,(H,18,19). The Labute approximate surface area is 122 Å². The van der Waals surface area contributed by atoms with E-state index in [0.29, 0.717) is 12.5 Å². The van der Waals surface area contributed by atoms with Crippen molar-refractivity contribution in [2.24, 2.45) is 5.41 Å². The Morgan fingerprint density at radius 3 is 2.60 bits per heavy atom. The van der Waals surface area contributed by atoms with Gasteiger partial charge in [0.15, 0.2) is 0 Å². The molecule has 0 aromatic rings. The summed E-state index contributed by atoms with van der Waals surface area (Å²) in [5.74, 6) is -0.700. The molecule has 0 bridgehead atoms.